The van der Waals surface area contributed by atoms with E-state index in [-0.39, 0.29) is 11.9 Å². The monoisotopic (exact) mass is 224 g/mol. The highest BCUT2D eigenvalue weighted by Gasteiger charge is 2.12. The summed E-state index contributed by atoms with van der Waals surface area (Å²) in [4.78, 5) is 11.7. The number of ether oxygens (including phenoxy) is 1. The predicted octanol–water partition coefficient (Wildman–Crippen LogP) is -0.430. The Morgan fingerprint density at radius 1 is 1.62 bits per heavy atom. The van der Waals surface area contributed by atoms with E-state index in [4.69, 9.17) is 10.5 Å². The first-order valence-electron chi connectivity index (χ1n) is 5.04. The van der Waals surface area contributed by atoms with Crippen molar-refractivity contribution in [1.29, 1.82) is 0 Å². The lowest BCUT2D eigenvalue weighted by molar-refractivity contribution is 0.0893. The molecule has 0 aromatic carbocycles. The van der Waals surface area contributed by atoms with Crippen molar-refractivity contribution in [2.75, 3.05) is 20.3 Å². The molecule has 1 rings (SSSR count). The van der Waals surface area contributed by atoms with E-state index < -0.39 is 0 Å². The molecule has 1 heterocycles. The van der Waals surface area contributed by atoms with Gasteiger partial charge in [-0.05, 0) is 19.0 Å². The normalized spacial score (nSPS) is 12.1. The summed E-state index contributed by atoms with van der Waals surface area (Å²) in [6.45, 7) is 0.949. The number of amides is 1. The Balaban J connectivity index is 2.54. The minimum absolute atomic E-state index is 0.0735. The number of carbonyl (C=O) groups is 1. The van der Waals surface area contributed by atoms with Crippen molar-refractivity contribution in [2.24, 2.45) is 5.73 Å². The lowest BCUT2D eigenvalue weighted by Crippen LogP contribution is -2.39. The molecular formula is C10H16N4O2. The molecule has 6 nitrogen and oxygen atoms in total. The van der Waals surface area contributed by atoms with Gasteiger partial charge in [0.1, 0.15) is 0 Å². The summed E-state index contributed by atoms with van der Waals surface area (Å²) in [6, 6.07) is 1.53. The number of carbonyl (C=O) groups excluding carboxylic acids is 1. The molecule has 1 unspecified atom stereocenters. The summed E-state index contributed by atoms with van der Waals surface area (Å²) in [6.07, 6.45) is 3.57. The fourth-order valence-corrected chi connectivity index (χ4v) is 1.29. The van der Waals surface area contributed by atoms with Gasteiger partial charge in [0.15, 0.2) is 0 Å². The second kappa shape index (κ2) is 6.86. The molecule has 1 aromatic rings. The maximum Gasteiger partial charge on any atom is 0.253 e. The van der Waals surface area contributed by atoms with Crippen LogP contribution >= 0.6 is 0 Å². The van der Waals surface area contributed by atoms with Crippen LogP contribution in [0.4, 0.5) is 0 Å². The summed E-state index contributed by atoms with van der Waals surface area (Å²) in [7, 11) is 1.59. The highest BCUT2D eigenvalue weighted by atomic mass is 16.5. The number of rotatable bonds is 6. The highest BCUT2D eigenvalue weighted by molar-refractivity contribution is 5.93. The molecule has 0 saturated heterocycles. The molecule has 0 bridgehead atoms. The van der Waals surface area contributed by atoms with Gasteiger partial charge >= 0.3 is 0 Å². The smallest absolute Gasteiger partial charge is 0.253 e. The maximum atomic E-state index is 11.7. The van der Waals surface area contributed by atoms with Gasteiger partial charge in [-0.3, -0.25) is 4.79 Å². The second-order valence-electron chi connectivity index (χ2n) is 3.33. The molecule has 88 valence electrons. The van der Waals surface area contributed by atoms with Crippen molar-refractivity contribution >= 4 is 5.91 Å². The van der Waals surface area contributed by atoms with Crippen molar-refractivity contribution in [3.63, 3.8) is 0 Å². The molecule has 0 aliphatic carbocycles. The lowest BCUT2D eigenvalue weighted by Gasteiger charge is -2.16. The zero-order valence-corrected chi connectivity index (χ0v) is 9.22. The Hall–Kier alpha value is -1.53. The Morgan fingerprint density at radius 2 is 2.44 bits per heavy atom. The van der Waals surface area contributed by atoms with Crippen molar-refractivity contribution in [3.8, 4) is 0 Å². The minimum Gasteiger partial charge on any atom is -0.383 e. The molecule has 6 heteroatoms. The van der Waals surface area contributed by atoms with Crippen molar-refractivity contribution in [2.45, 2.75) is 12.5 Å². The molecule has 0 aliphatic heterocycles. The molecule has 16 heavy (non-hydrogen) atoms. The van der Waals surface area contributed by atoms with Crippen LogP contribution in [-0.2, 0) is 4.74 Å². The maximum absolute atomic E-state index is 11.7. The van der Waals surface area contributed by atoms with Gasteiger partial charge in [0.2, 0.25) is 0 Å². The molecule has 1 aromatic heterocycles. The first-order chi connectivity index (χ1) is 7.77. The van der Waals surface area contributed by atoms with Crippen LogP contribution in [0.2, 0.25) is 0 Å². The summed E-state index contributed by atoms with van der Waals surface area (Å²) in [5.74, 6) is -0.189. The van der Waals surface area contributed by atoms with Gasteiger partial charge < -0.3 is 15.8 Å². The quantitative estimate of drug-likeness (QED) is 0.684. The molecule has 1 amide bonds. The molecule has 1 atom stereocenters. The van der Waals surface area contributed by atoms with Crippen molar-refractivity contribution in [1.82, 2.24) is 15.5 Å². The largest absolute Gasteiger partial charge is 0.383 e. The highest BCUT2D eigenvalue weighted by Crippen LogP contribution is 1.97. The minimum atomic E-state index is -0.189. The van der Waals surface area contributed by atoms with E-state index in [1.165, 1.54) is 12.4 Å². The second-order valence-corrected chi connectivity index (χ2v) is 3.33. The van der Waals surface area contributed by atoms with E-state index in [2.05, 4.69) is 15.5 Å². The van der Waals surface area contributed by atoms with Gasteiger partial charge in [-0.1, -0.05) is 0 Å². The topological polar surface area (TPSA) is 90.1 Å². The molecule has 0 radical (unpaired) electrons. The third-order valence-corrected chi connectivity index (χ3v) is 2.06. The van der Waals surface area contributed by atoms with Crippen LogP contribution in [0.25, 0.3) is 0 Å². The Bertz CT molecular complexity index is 312. The van der Waals surface area contributed by atoms with Crippen LogP contribution in [0.15, 0.2) is 18.5 Å². The predicted molar refractivity (Wildman–Crippen MR) is 58.8 cm³/mol. The van der Waals surface area contributed by atoms with Gasteiger partial charge in [-0.2, -0.15) is 10.2 Å². The first-order valence-corrected chi connectivity index (χ1v) is 5.04. The van der Waals surface area contributed by atoms with E-state index in [9.17, 15) is 4.79 Å². The van der Waals surface area contributed by atoms with Gasteiger partial charge in [-0.15, -0.1) is 0 Å². The fraction of sp³-hybridized carbons (Fsp3) is 0.500. The van der Waals surface area contributed by atoms with Gasteiger partial charge in [0.05, 0.1) is 30.6 Å². The van der Waals surface area contributed by atoms with Crippen LogP contribution in [0.5, 0.6) is 0 Å². The van der Waals surface area contributed by atoms with Gasteiger partial charge in [0, 0.05) is 7.11 Å². The van der Waals surface area contributed by atoms with E-state index in [0.717, 1.165) is 0 Å². The van der Waals surface area contributed by atoms with Gasteiger partial charge in [-0.25, -0.2) is 0 Å². The summed E-state index contributed by atoms with van der Waals surface area (Å²) in [5, 5.41) is 10.1. The molecule has 0 spiro atoms. The average molecular weight is 224 g/mol. The van der Waals surface area contributed by atoms with Crippen LogP contribution in [0.3, 0.4) is 0 Å². The zero-order chi connectivity index (χ0) is 11.8. The third kappa shape index (κ3) is 3.92. The number of hydrogen-bond acceptors (Lipinski definition) is 5. The average Bonchev–Trinajstić information content (AvgIpc) is 2.31. The molecule has 3 N–H and O–H groups in total. The van der Waals surface area contributed by atoms with Gasteiger partial charge in [0.25, 0.3) is 5.91 Å². The summed E-state index contributed by atoms with van der Waals surface area (Å²) >= 11 is 0. The number of hydrogen-bond donors (Lipinski definition) is 2. The third-order valence-electron chi connectivity index (χ3n) is 2.06. The zero-order valence-electron chi connectivity index (χ0n) is 9.22. The Labute approximate surface area is 94.2 Å². The lowest BCUT2D eigenvalue weighted by atomic mass is 10.2. The number of nitrogens with two attached hydrogens (primary N) is 1. The molecule has 0 fully saturated rings. The first kappa shape index (κ1) is 12.5. The summed E-state index contributed by atoms with van der Waals surface area (Å²) in [5.41, 5.74) is 5.92. The number of aromatic nitrogens is 2. The van der Waals surface area contributed by atoms with Crippen molar-refractivity contribution in [3.05, 3.63) is 24.0 Å². The van der Waals surface area contributed by atoms with E-state index in [1.807, 2.05) is 0 Å². The molecule has 0 saturated carbocycles. The van der Waals surface area contributed by atoms with Crippen LogP contribution < -0.4 is 11.1 Å². The number of nitrogens with one attached hydrogen (secondary N) is 1. The number of methoxy groups -OCH3 is 1. The van der Waals surface area contributed by atoms with Crippen molar-refractivity contribution < 1.29 is 9.53 Å². The van der Waals surface area contributed by atoms with E-state index in [1.54, 1.807) is 13.2 Å². The van der Waals surface area contributed by atoms with Crippen LogP contribution in [0, 0.1) is 0 Å². The van der Waals surface area contributed by atoms with Crippen LogP contribution in [0.1, 0.15) is 16.8 Å². The summed E-state index contributed by atoms with van der Waals surface area (Å²) < 4.78 is 5.00. The van der Waals surface area contributed by atoms with E-state index >= 15 is 0 Å². The standard InChI is InChI=1S/C10H16N4O2/c1-16-7-9(2-4-11)14-10(15)8-3-5-12-13-6-8/h3,5-6,9H,2,4,7,11H2,1H3,(H,14,15). The fourth-order valence-electron chi connectivity index (χ4n) is 1.29. The number of nitrogens with zero attached hydrogens (tertiary/aromatic N) is 2. The van der Waals surface area contributed by atoms with E-state index in [0.29, 0.717) is 25.1 Å². The SMILES string of the molecule is COCC(CCN)NC(=O)c1ccnnc1. The molecular weight excluding hydrogens is 208 g/mol. The van der Waals surface area contributed by atoms with Crippen LogP contribution in [-0.4, -0.2) is 42.4 Å². The Kier molecular flexibility index (Phi) is 5.38. The Morgan fingerprint density at radius 3 is 3.00 bits per heavy atom. The molecule has 0 aliphatic rings.